The molecule has 0 heterocycles. The van der Waals surface area contributed by atoms with E-state index in [2.05, 4.69) is 0 Å². The van der Waals surface area contributed by atoms with Gasteiger partial charge in [0.1, 0.15) is 0 Å². The largest absolute Gasteiger partial charge is 1.00 e. The molecule has 10 heavy (non-hydrogen) atoms. The van der Waals surface area contributed by atoms with Crippen molar-refractivity contribution in [2.45, 2.75) is 26.2 Å². The van der Waals surface area contributed by atoms with E-state index in [9.17, 15) is 4.57 Å². The van der Waals surface area contributed by atoms with Crippen molar-refractivity contribution < 1.29 is 65.7 Å². The molecule has 0 aromatic carbocycles. The summed E-state index contributed by atoms with van der Waals surface area (Å²) in [4.78, 5) is 16.6. The van der Waals surface area contributed by atoms with Gasteiger partial charge in [0.15, 0.2) is 7.60 Å². The van der Waals surface area contributed by atoms with Crippen molar-refractivity contribution in [1.82, 2.24) is 0 Å². The Morgan fingerprint density at radius 1 is 1.50 bits per heavy atom. The predicted octanol–water partition coefficient (Wildman–Crippen LogP) is -1.48. The molecular weight excluding hydrogens is 178 g/mol. The monoisotopic (exact) mass is 190 g/mol. The van der Waals surface area contributed by atoms with E-state index in [-0.39, 0.29) is 51.4 Å². The second-order valence-corrected chi connectivity index (χ2v) is 3.46. The summed E-state index contributed by atoms with van der Waals surface area (Å²) in [5, 5.41) is 0. The van der Waals surface area contributed by atoms with Crippen LogP contribution in [-0.2, 0) is 4.57 Å². The Balaban J connectivity index is 0. The SMILES string of the molecule is CCCC[CH-]P(=O)(O)O.[K+]. The van der Waals surface area contributed by atoms with Gasteiger partial charge in [-0.2, -0.15) is 6.42 Å². The molecule has 0 aliphatic heterocycles. The van der Waals surface area contributed by atoms with Crippen molar-refractivity contribution in [2.24, 2.45) is 0 Å². The normalized spacial score (nSPS) is 10.7. The molecular formula is C5H12KO3P. The van der Waals surface area contributed by atoms with E-state index in [0.717, 1.165) is 19.0 Å². The van der Waals surface area contributed by atoms with E-state index in [4.69, 9.17) is 9.79 Å². The van der Waals surface area contributed by atoms with Gasteiger partial charge in [-0.1, -0.05) is 19.8 Å². The molecule has 0 bridgehead atoms. The van der Waals surface area contributed by atoms with Crippen molar-refractivity contribution in [3.05, 3.63) is 6.16 Å². The van der Waals surface area contributed by atoms with Crippen LogP contribution in [0.3, 0.4) is 0 Å². The molecule has 0 radical (unpaired) electrons. The van der Waals surface area contributed by atoms with Gasteiger partial charge < -0.3 is 9.79 Å². The standard InChI is InChI=1S/C5H12O3P.K/c1-2-3-4-5-9(6,7)8;/h5H,2-4H2,1H3,(H2,6,7,8);/q-1;+1. The van der Waals surface area contributed by atoms with Gasteiger partial charge >= 0.3 is 51.4 Å². The van der Waals surface area contributed by atoms with E-state index in [1.54, 1.807) is 0 Å². The fourth-order valence-corrected chi connectivity index (χ4v) is 0.983. The number of rotatable bonds is 4. The van der Waals surface area contributed by atoms with Crippen molar-refractivity contribution in [1.29, 1.82) is 0 Å². The Hall–Kier alpha value is 1.79. The van der Waals surface area contributed by atoms with Crippen LogP contribution in [0.25, 0.3) is 0 Å². The van der Waals surface area contributed by atoms with E-state index in [1.165, 1.54) is 0 Å². The first-order chi connectivity index (χ1) is 4.06. The molecule has 0 unspecified atom stereocenters. The van der Waals surface area contributed by atoms with Crippen molar-refractivity contribution in [2.75, 3.05) is 0 Å². The summed E-state index contributed by atoms with van der Waals surface area (Å²) < 4.78 is 10.1. The molecule has 0 rings (SSSR count). The Kier molecular flexibility index (Phi) is 10.6. The van der Waals surface area contributed by atoms with Crippen LogP contribution in [-0.4, -0.2) is 9.79 Å². The zero-order valence-electron chi connectivity index (χ0n) is 6.45. The third-order valence-electron chi connectivity index (χ3n) is 0.925. The van der Waals surface area contributed by atoms with Gasteiger partial charge in [0.05, 0.1) is 0 Å². The van der Waals surface area contributed by atoms with E-state index in [0.29, 0.717) is 6.42 Å². The van der Waals surface area contributed by atoms with Crippen LogP contribution < -0.4 is 51.4 Å². The Morgan fingerprint density at radius 2 is 2.00 bits per heavy atom. The van der Waals surface area contributed by atoms with Gasteiger partial charge in [-0.15, -0.1) is 0 Å². The van der Waals surface area contributed by atoms with E-state index < -0.39 is 7.60 Å². The molecule has 56 valence electrons. The minimum Gasteiger partial charge on any atom is -0.347 e. The summed E-state index contributed by atoms with van der Waals surface area (Å²) in [5.41, 5.74) is 0. The molecule has 0 aromatic heterocycles. The van der Waals surface area contributed by atoms with Crippen LogP contribution in [0.1, 0.15) is 26.2 Å². The van der Waals surface area contributed by atoms with Crippen LogP contribution in [0.4, 0.5) is 0 Å². The zero-order chi connectivity index (χ0) is 7.33. The molecule has 0 atom stereocenters. The predicted molar refractivity (Wildman–Crippen MR) is 35.9 cm³/mol. The first-order valence-electron chi connectivity index (χ1n) is 2.96. The Morgan fingerprint density at radius 3 is 2.30 bits per heavy atom. The van der Waals surface area contributed by atoms with Gasteiger partial charge in [-0.05, 0) is 0 Å². The fraction of sp³-hybridized carbons (Fsp3) is 0.800. The molecule has 0 spiro atoms. The summed E-state index contributed by atoms with van der Waals surface area (Å²) in [7, 11) is -3.82. The number of unbranched alkanes of at least 4 members (excludes halogenated alkanes) is 2. The Labute approximate surface area is 104 Å². The van der Waals surface area contributed by atoms with Gasteiger partial charge in [-0.3, -0.25) is 4.57 Å². The fourth-order valence-electron chi connectivity index (χ4n) is 0.464. The summed E-state index contributed by atoms with van der Waals surface area (Å²) in [6.07, 6.45) is 3.40. The van der Waals surface area contributed by atoms with Gasteiger partial charge in [0.25, 0.3) is 0 Å². The molecule has 3 nitrogen and oxygen atoms in total. The third-order valence-corrected chi connectivity index (χ3v) is 1.66. The molecule has 0 aliphatic carbocycles. The summed E-state index contributed by atoms with van der Waals surface area (Å²) in [5.74, 6) is 0. The van der Waals surface area contributed by atoms with Gasteiger partial charge in [-0.25, -0.2) is 6.16 Å². The molecule has 0 saturated carbocycles. The second-order valence-electron chi connectivity index (χ2n) is 1.91. The molecule has 0 saturated heterocycles. The maximum Gasteiger partial charge on any atom is 1.00 e. The van der Waals surface area contributed by atoms with Gasteiger partial charge in [0.2, 0.25) is 0 Å². The minimum atomic E-state index is -3.82. The number of hydrogen-bond acceptors (Lipinski definition) is 1. The molecule has 0 fully saturated rings. The van der Waals surface area contributed by atoms with Crippen molar-refractivity contribution in [3.8, 4) is 0 Å². The second kappa shape index (κ2) is 7.44. The van der Waals surface area contributed by atoms with E-state index >= 15 is 0 Å². The molecule has 5 heteroatoms. The molecule has 0 amide bonds. The summed E-state index contributed by atoms with van der Waals surface area (Å²) in [6.45, 7) is 1.98. The van der Waals surface area contributed by atoms with E-state index in [1.807, 2.05) is 6.92 Å². The van der Waals surface area contributed by atoms with Crippen molar-refractivity contribution >= 4 is 7.60 Å². The average Bonchev–Trinajstić information content (AvgIpc) is 1.63. The van der Waals surface area contributed by atoms with Crippen LogP contribution in [0.5, 0.6) is 0 Å². The third kappa shape index (κ3) is 12.5. The molecule has 0 aliphatic rings. The first-order valence-corrected chi connectivity index (χ1v) is 4.64. The zero-order valence-corrected chi connectivity index (χ0v) is 10.5. The summed E-state index contributed by atoms with van der Waals surface area (Å²) in [6, 6.07) is 0. The average molecular weight is 190 g/mol. The summed E-state index contributed by atoms with van der Waals surface area (Å²) >= 11 is 0. The number of hydrogen-bond donors (Lipinski definition) is 2. The van der Waals surface area contributed by atoms with Crippen LogP contribution in [0.2, 0.25) is 0 Å². The Bertz CT molecular complexity index is 111. The topological polar surface area (TPSA) is 57.5 Å². The molecule has 0 aromatic rings. The van der Waals surface area contributed by atoms with Crippen LogP contribution in [0.15, 0.2) is 0 Å². The quantitative estimate of drug-likeness (QED) is 0.246. The minimum absolute atomic E-state index is 0. The van der Waals surface area contributed by atoms with Crippen molar-refractivity contribution in [3.63, 3.8) is 0 Å². The molecule has 2 N–H and O–H groups in total. The maximum absolute atomic E-state index is 10.1. The smallest absolute Gasteiger partial charge is 0.347 e. The first kappa shape index (κ1) is 14.3. The maximum atomic E-state index is 10.1. The van der Waals surface area contributed by atoms with Crippen LogP contribution >= 0.6 is 7.60 Å². The van der Waals surface area contributed by atoms with Gasteiger partial charge in [0, 0.05) is 0 Å². The van der Waals surface area contributed by atoms with Crippen LogP contribution in [0, 0.1) is 6.16 Å².